The molecule has 28 heavy (non-hydrogen) atoms. The van der Waals surface area contributed by atoms with E-state index in [9.17, 15) is 19.8 Å². The van der Waals surface area contributed by atoms with Crippen LogP contribution in [0.2, 0.25) is 0 Å². The predicted molar refractivity (Wildman–Crippen MR) is 104 cm³/mol. The fourth-order valence-electron chi connectivity index (χ4n) is 2.83. The minimum Gasteiger partial charge on any atom is -0.394 e. The van der Waals surface area contributed by atoms with Crippen molar-refractivity contribution >= 4 is 17.2 Å². The number of Topliss-reactive ketones (excluding diaryl/α,β-unsaturated/α-hetero) is 1. The van der Waals surface area contributed by atoms with Gasteiger partial charge in [-0.1, -0.05) is 12.1 Å². The molecule has 3 rings (SSSR count). The van der Waals surface area contributed by atoms with E-state index in [2.05, 4.69) is 15.4 Å². The Labute approximate surface area is 161 Å². The number of carbonyl (C=O) groups excluding carboxylic acids is 1. The first-order valence-electron chi connectivity index (χ1n) is 8.69. The second-order valence-electron chi connectivity index (χ2n) is 6.12. The average Bonchev–Trinajstić information content (AvgIpc) is 2.71. The number of aliphatic hydroxyl groups is 2. The standard InChI is InChI=1S/C20H20N4O4/c1-13(27)17-18(15-6-8-21-9-7-15)23-24(10-11-25)20(28)19(17)22-16-4-2-14(12-26)3-5-16/h2-9,22,25-26H,10-12H2,1H3. The summed E-state index contributed by atoms with van der Waals surface area (Å²) in [7, 11) is 0. The lowest BCUT2D eigenvalue weighted by Crippen LogP contribution is -2.29. The minimum absolute atomic E-state index is 0.00671. The zero-order valence-corrected chi connectivity index (χ0v) is 15.3. The Bertz CT molecular complexity index is 1030. The number of anilines is 2. The first kappa shape index (κ1) is 19.4. The number of nitrogens with one attached hydrogen (secondary N) is 1. The molecule has 8 heteroatoms. The monoisotopic (exact) mass is 380 g/mol. The molecule has 0 bridgehead atoms. The number of nitrogens with zero attached hydrogens (tertiary/aromatic N) is 3. The molecule has 0 aliphatic heterocycles. The van der Waals surface area contributed by atoms with Crippen LogP contribution in [0.4, 0.5) is 11.4 Å². The Morgan fingerprint density at radius 2 is 1.79 bits per heavy atom. The molecule has 144 valence electrons. The molecule has 0 amide bonds. The van der Waals surface area contributed by atoms with Crippen molar-refractivity contribution in [3.63, 3.8) is 0 Å². The van der Waals surface area contributed by atoms with Gasteiger partial charge in [0.15, 0.2) is 5.78 Å². The van der Waals surface area contributed by atoms with Crippen LogP contribution < -0.4 is 10.9 Å². The summed E-state index contributed by atoms with van der Waals surface area (Å²) >= 11 is 0. The Hall–Kier alpha value is -3.36. The molecule has 0 aliphatic rings. The maximum absolute atomic E-state index is 12.9. The lowest BCUT2D eigenvalue weighted by atomic mass is 10.0. The van der Waals surface area contributed by atoms with Crippen LogP contribution in [0.15, 0.2) is 53.6 Å². The second kappa shape index (κ2) is 8.55. The van der Waals surface area contributed by atoms with Crippen molar-refractivity contribution in [2.75, 3.05) is 11.9 Å². The number of hydrogen-bond acceptors (Lipinski definition) is 7. The summed E-state index contributed by atoms with van der Waals surface area (Å²) in [6.07, 6.45) is 3.15. The van der Waals surface area contributed by atoms with Crippen LogP contribution >= 0.6 is 0 Å². The number of aliphatic hydroxyl groups excluding tert-OH is 2. The van der Waals surface area contributed by atoms with Crippen LogP contribution in [0.3, 0.4) is 0 Å². The third-order valence-corrected chi connectivity index (χ3v) is 4.18. The third kappa shape index (κ3) is 3.98. The fourth-order valence-corrected chi connectivity index (χ4v) is 2.83. The van der Waals surface area contributed by atoms with Gasteiger partial charge < -0.3 is 15.5 Å². The van der Waals surface area contributed by atoms with E-state index in [1.165, 1.54) is 6.92 Å². The van der Waals surface area contributed by atoms with Crippen LogP contribution in [0.1, 0.15) is 22.8 Å². The molecule has 2 heterocycles. The van der Waals surface area contributed by atoms with E-state index in [4.69, 9.17) is 0 Å². The van der Waals surface area contributed by atoms with Crippen LogP contribution in [-0.2, 0) is 13.2 Å². The lowest BCUT2D eigenvalue weighted by Gasteiger charge is -2.16. The summed E-state index contributed by atoms with van der Waals surface area (Å²) in [5.74, 6) is -0.318. The van der Waals surface area contributed by atoms with Crippen molar-refractivity contribution in [2.45, 2.75) is 20.1 Å². The fraction of sp³-hybridized carbons (Fsp3) is 0.200. The van der Waals surface area contributed by atoms with Gasteiger partial charge in [-0.05, 0) is 36.8 Å². The van der Waals surface area contributed by atoms with Crippen LogP contribution in [-0.4, -0.2) is 37.4 Å². The van der Waals surface area contributed by atoms with E-state index in [0.717, 1.165) is 10.2 Å². The predicted octanol–water partition coefficient (Wildman–Crippen LogP) is 1.74. The van der Waals surface area contributed by atoms with E-state index in [-0.39, 0.29) is 36.8 Å². The van der Waals surface area contributed by atoms with E-state index < -0.39 is 5.56 Å². The van der Waals surface area contributed by atoms with Gasteiger partial charge in [-0.15, -0.1) is 0 Å². The summed E-state index contributed by atoms with van der Waals surface area (Å²) in [4.78, 5) is 29.3. The Morgan fingerprint density at radius 3 is 2.36 bits per heavy atom. The van der Waals surface area contributed by atoms with Crippen LogP contribution in [0.25, 0.3) is 11.3 Å². The molecule has 3 N–H and O–H groups in total. The first-order chi connectivity index (χ1) is 13.5. The molecule has 0 saturated heterocycles. The second-order valence-corrected chi connectivity index (χ2v) is 6.12. The maximum Gasteiger partial charge on any atom is 0.291 e. The quantitative estimate of drug-likeness (QED) is 0.534. The molecule has 0 spiro atoms. The molecular formula is C20H20N4O4. The Balaban J connectivity index is 2.21. The molecule has 8 nitrogen and oxygen atoms in total. The summed E-state index contributed by atoms with van der Waals surface area (Å²) in [5.41, 5.74) is 2.00. The van der Waals surface area contributed by atoms with Gasteiger partial charge in [-0.25, -0.2) is 4.68 Å². The van der Waals surface area contributed by atoms with Gasteiger partial charge in [-0.3, -0.25) is 14.6 Å². The van der Waals surface area contributed by atoms with E-state index >= 15 is 0 Å². The van der Waals surface area contributed by atoms with Crippen molar-refractivity contribution in [2.24, 2.45) is 0 Å². The highest BCUT2D eigenvalue weighted by Gasteiger charge is 2.22. The summed E-state index contributed by atoms with van der Waals surface area (Å²) in [5, 5.41) is 25.8. The number of pyridine rings is 1. The van der Waals surface area contributed by atoms with Crippen molar-refractivity contribution in [1.29, 1.82) is 0 Å². The van der Waals surface area contributed by atoms with Crippen molar-refractivity contribution in [3.8, 4) is 11.3 Å². The van der Waals surface area contributed by atoms with Gasteiger partial charge in [-0.2, -0.15) is 5.10 Å². The largest absolute Gasteiger partial charge is 0.394 e. The highest BCUT2D eigenvalue weighted by molar-refractivity contribution is 6.05. The molecule has 0 aliphatic carbocycles. The van der Waals surface area contributed by atoms with E-state index in [1.807, 2.05) is 0 Å². The summed E-state index contributed by atoms with van der Waals surface area (Å²) in [6, 6.07) is 10.2. The molecular weight excluding hydrogens is 360 g/mol. The van der Waals surface area contributed by atoms with Crippen LogP contribution in [0, 0.1) is 0 Å². The minimum atomic E-state index is -0.511. The highest BCUT2D eigenvalue weighted by Crippen LogP contribution is 2.27. The molecule has 0 unspecified atom stereocenters. The molecule has 0 radical (unpaired) electrons. The SMILES string of the molecule is CC(=O)c1c(-c2ccncc2)nn(CCO)c(=O)c1Nc1ccc(CO)cc1. The number of benzene rings is 1. The van der Waals surface area contributed by atoms with Crippen molar-refractivity contribution in [1.82, 2.24) is 14.8 Å². The number of aromatic nitrogens is 3. The topological polar surface area (TPSA) is 117 Å². The third-order valence-electron chi connectivity index (χ3n) is 4.18. The molecule has 0 fully saturated rings. The summed E-state index contributed by atoms with van der Waals surface area (Å²) in [6.45, 7) is 1.00. The van der Waals surface area contributed by atoms with Crippen molar-refractivity contribution < 1.29 is 15.0 Å². The molecule has 0 saturated carbocycles. The molecule has 1 aromatic carbocycles. The van der Waals surface area contributed by atoms with Gasteiger partial charge in [0.1, 0.15) is 11.4 Å². The zero-order chi connectivity index (χ0) is 20.1. The number of carbonyl (C=O) groups is 1. The molecule has 2 aromatic heterocycles. The van der Waals surface area contributed by atoms with Gasteiger partial charge in [0, 0.05) is 23.6 Å². The van der Waals surface area contributed by atoms with Crippen molar-refractivity contribution in [3.05, 3.63) is 70.3 Å². The van der Waals surface area contributed by atoms with Gasteiger partial charge >= 0.3 is 0 Å². The van der Waals surface area contributed by atoms with Gasteiger partial charge in [0.25, 0.3) is 5.56 Å². The van der Waals surface area contributed by atoms with Gasteiger partial charge in [0.05, 0.1) is 25.3 Å². The van der Waals surface area contributed by atoms with Gasteiger partial charge in [0.2, 0.25) is 0 Å². The molecule has 3 aromatic rings. The highest BCUT2D eigenvalue weighted by atomic mass is 16.3. The molecule has 0 atom stereocenters. The van der Waals surface area contributed by atoms with Crippen LogP contribution in [0.5, 0.6) is 0 Å². The lowest BCUT2D eigenvalue weighted by molar-refractivity contribution is 0.101. The normalized spacial score (nSPS) is 10.7. The van der Waals surface area contributed by atoms with E-state index in [1.54, 1.807) is 48.8 Å². The number of hydrogen-bond donors (Lipinski definition) is 3. The summed E-state index contributed by atoms with van der Waals surface area (Å²) < 4.78 is 1.13. The first-order valence-corrected chi connectivity index (χ1v) is 8.69. The van der Waals surface area contributed by atoms with E-state index in [0.29, 0.717) is 16.9 Å². The maximum atomic E-state index is 12.9. The smallest absolute Gasteiger partial charge is 0.291 e. The number of ketones is 1. The average molecular weight is 380 g/mol. The Morgan fingerprint density at radius 1 is 1.11 bits per heavy atom. The number of rotatable bonds is 7. The Kier molecular flexibility index (Phi) is 5.93. The zero-order valence-electron chi connectivity index (χ0n) is 15.3.